The molecule has 2 N–H and O–H groups in total. The molecular weight excluding hydrogens is 338 g/mol. The summed E-state index contributed by atoms with van der Waals surface area (Å²) >= 11 is 0. The first-order valence-corrected chi connectivity index (χ1v) is 9.82. The van der Waals surface area contributed by atoms with Crippen LogP contribution in [0.5, 0.6) is 0 Å². The Hall–Kier alpha value is -2.34. The standard InChI is InChI=1S/C21H33N5O/c1-4-22-21(23-11-14-27-13-9-18(2)3)24-16-19-7-5-8-20(15-19)17-26-12-6-10-25-26/h5-8,10,12,15,18H,4,9,11,13-14,16-17H2,1-3H3,(H2,22,23,24). The zero-order chi connectivity index (χ0) is 19.3. The third kappa shape index (κ3) is 8.73. The summed E-state index contributed by atoms with van der Waals surface area (Å²) in [6, 6.07) is 10.4. The normalized spacial score (nSPS) is 11.8. The lowest BCUT2D eigenvalue weighted by Gasteiger charge is -2.12. The van der Waals surface area contributed by atoms with Gasteiger partial charge in [-0.05, 0) is 36.5 Å². The van der Waals surface area contributed by atoms with Gasteiger partial charge in [-0.15, -0.1) is 0 Å². The summed E-state index contributed by atoms with van der Waals surface area (Å²) in [6.07, 6.45) is 4.87. The van der Waals surface area contributed by atoms with Gasteiger partial charge in [-0.1, -0.05) is 38.1 Å². The Morgan fingerprint density at radius 2 is 2.04 bits per heavy atom. The second kappa shape index (κ2) is 12.1. The molecule has 1 aromatic carbocycles. The molecule has 2 aromatic rings. The Labute approximate surface area is 163 Å². The van der Waals surface area contributed by atoms with Crippen LogP contribution in [0.4, 0.5) is 0 Å². The first kappa shape index (κ1) is 21.0. The zero-order valence-electron chi connectivity index (χ0n) is 16.8. The molecule has 1 heterocycles. The van der Waals surface area contributed by atoms with Crippen LogP contribution >= 0.6 is 0 Å². The van der Waals surface area contributed by atoms with Crippen molar-refractivity contribution in [2.45, 2.75) is 40.3 Å². The van der Waals surface area contributed by atoms with E-state index in [2.05, 4.69) is 65.8 Å². The summed E-state index contributed by atoms with van der Waals surface area (Å²) in [4.78, 5) is 4.68. The second-order valence-electron chi connectivity index (χ2n) is 6.94. The van der Waals surface area contributed by atoms with Crippen molar-refractivity contribution in [2.24, 2.45) is 10.9 Å². The lowest BCUT2D eigenvalue weighted by molar-refractivity contribution is 0.128. The van der Waals surface area contributed by atoms with E-state index in [0.717, 1.165) is 38.6 Å². The Balaban J connectivity index is 1.81. The minimum Gasteiger partial charge on any atom is -0.380 e. The van der Waals surface area contributed by atoms with Crippen LogP contribution in [0.3, 0.4) is 0 Å². The topological polar surface area (TPSA) is 63.5 Å². The number of rotatable bonds is 11. The van der Waals surface area contributed by atoms with Crippen molar-refractivity contribution < 1.29 is 4.74 Å². The largest absolute Gasteiger partial charge is 0.380 e. The first-order valence-electron chi connectivity index (χ1n) is 9.82. The van der Waals surface area contributed by atoms with Crippen LogP contribution in [0.1, 0.15) is 38.3 Å². The van der Waals surface area contributed by atoms with E-state index in [1.54, 1.807) is 6.20 Å². The molecule has 6 nitrogen and oxygen atoms in total. The van der Waals surface area contributed by atoms with Crippen molar-refractivity contribution in [3.63, 3.8) is 0 Å². The number of nitrogens with zero attached hydrogens (tertiary/aromatic N) is 3. The van der Waals surface area contributed by atoms with Crippen LogP contribution in [-0.2, 0) is 17.8 Å². The van der Waals surface area contributed by atoms with Crippen LogP contribution in [0.2, 0.25) is 0 Å². The maximum absolute atomic E-state index is 5.65. The van der Waals surface area contributed by atoms with E-state index in [4.69, 9.17) is 4.74 Å². The Morgan fingerprint density at radius 1 is 1.19 bits per heavy atom. The zero-order valence-corrected chi connectivity index (χ0v) is 16.8. The van der Waals surface area contributed by atoms with Crippen LogP contribution < -0.4 is 10.6 Å². The number of aromatic nitrogens is 2. The molecule has 0 radical (unpaired) electrons. The molecule has 0 aliphatic rings. The number of hydrogen-bond donors (Lipinski definition) is 2. The summed E-state index contributed by atoms with van der Waals surface area (Å²) in [5, 5.41) is 10.9. The highest BCUT2D eigenvalue weighted by atomic mass is 16.5. The molecule has 0 fully saturated rings. The molecule has 0 spiro atoms. The van der Waals surface area contributed by atoms with Gasteiger partial charge in [-0.3, -0.25) is 4.68 Å². The van der Waals surface area contributed by atoms with Gasteiger partial charge < -0.3 is 15.4 Å². The first-order chi connectivity index (χ1) is 13.2. The van der Waals surface area contributed by atoms with Gasteiger partial charge in [0.2, 0.25) is 0 Å². The smallest absolute Gasteiger partial charge is 0.191 e. The Kier molecular flexibility index (Phi) is 9.41. The minimum absolute atomic E-state index is 0.635. The van der Waals surface area contributed by atoms with E-state index in [9.17, 15) is 0 Å². The predicted octanol–water partition coefficient (Wildman–Crippen LogP) is 3.05. The lowest BCUT2D eigenvalue weighted by atomic mass is 10.1. The number of benzene rings is 1. The van der Waals surface area contributed by atoms with E-state index in [-0.39, 0.29) is 0 Å². The SMILES string of the molecule is CCNC(=NCc1cccc(Cn2cccn2)c1)NCCOCCC(C)C. The number of aliphatic imine (C=N–C) groups is 1. The molecule has 2 rings (SSSR count). The highest BCUT2D eigenvalue weighted by molar-refractivity contribution is 5.79. The third-order valence-corrected chi connectivity index (χ3v) is 4.04. The summed E-state index contributed by atoms with van der Waals surface area (Å²) in [6.45, 7) is 11.0. The molecule has 1 aromatic heterocycles. The van der Waals surface area contributed by atoms with Gasteiger partial charge in [0.05, 0.1) is 19.7 Å². The lowest BCUT2D eigenvalue weighted by Crippen LogP contribution is -2.39. The van der Waals surface area contributed by atoms with E-state index >= 15 is 0 Å². The quantitative estimate of drug-likeness (QED) is 0.362. The molecule has 0 unspecified atom stereocenters. The maximum Gasteiger partial charge on any atom is 0.191 e. The van der Waals surface area contributed by atoms with Crippen LogP contribution in [0, 0.1) is 5.92 Å². The van der Waals surface area contributed by atoms with Gasteiger partial charge >= 0.3 is 0 Å². The van der Waals surface area contributed by atoms with Gasteiger partial charge in [0.25, 0.3) is 0 Å². The second-order valence-corrected chi connectivity index (χ2v) is 6.94. The van der Waals surface area contributed by atoms with Crippen molar-refractivity contribution in [1.82, 2.24) is 20.4 Å². The van der Waals surface area contributed by atoms with Crippen molar-refractivity contribution in [1.29, 1.82) is 0 Å². The average Bonchev–Trinajstić information content (AvgIpc) is 3.15. The molecule has 0 amide bonds. The molecule has 6 heteroatoms. The summed E-state index contributed by atoms with van der Waals surface area (Å²) in [5.41, 5.74) is 2.41. The highest BCUT2D eigenvalue weighted by Crippen LogP contribution is 2.08. The Morgan fingerprint density at radius 3 is 2.78 bits per heavy atom. The fourth-order valence-corrected chi connectivity index (χ4v) is 2.58. The summed E-state index contributed by atoms with van der Waals surface area (Å²) in [5.74, 6) is 1.50. The Bertz CT molecular complexity index is 667. The van der Waals surface area contributed by atoms with E-state index in [1.807, 2.05) is 16.9 Å². The molecule has 148 valence electrons. The van der Waals surface area contributed by atoms with Gasteiger partial charge in [0, 0.05) is 32.1 Å². The molecular formula is C21H33N5O. The van der Waals surface area contributed by atoms with Crippen LogP contribution in [0.25, 0.3) is 0 Å². The number of guanidine groups is 1. The molecule has 0 saturated heterocycles. The van der Waals surface area contributed by atoms with Gasteiger partial charge in [-0.2, -0.15) is 5.10 Å². The fourth-order valence-electron chi connectivity index (χ4n) is 2.58. The van der Waals surface area contributed by atoms with Crippen molar-refractivity contribution in [3.8, 4) is 0 Å². The van der Waals surface area contributed by atoms with Crippen LogP contribution in [0.15, 0.2) is 47.7 Å². The molecule has 0 bridgehead atoms. The molecule has 0 aliphatic carbocycles. The number of ether oxygens (including phenoxy) is 1. The van der Waals surface area contributed by atoms with E-state index in [1.165, 1.54) is 11.1 Å². The monoisotopic (exact) mass is 371 g/mol. The minimum atomic E-state index is 0.635. The van der Waals surface area contributed by atoms with E-state index < -0.39 is 0 Å². The van der Waals surface area contributed by atoms with Gasteiger partial charge in [0.15, 0.2) is 5.96 Å². The predicted molar refractivity (Wildman–Crippen MR) is 111 cm³/mol. The van der Waals surface area contributed by atoms with Gasteiger partial charge in [0.1, 0.15) is 0 Å². The van der Waals surface area contributed by atoms with Crippen LogP contribution in [-0.4, -0.2) is 42.0 Å². The summed E-state index contributed by atoms with van der Waals surface area (Å²) in [7, 11) is 0. The van der Waals surface area contributed by atoms with Crippen molar-refractivity contribution in [3.05, 3.63) is 53.9 Å². The maximum atomic E-state index is 5.65. The number of hydrogen-bond acceptors (Lipinski definition) is 3. The molecule has 27 heavy (non-hydrogen) atoms. The average molecular weight is 372 g/mol. The molecule has 0 saturated carbocycles. The van der Waals surface area contributed by atoms with Crippen molar-refractivity contribution >= 4 is 5.96 Å². The molecule has 0 aliphatic heterocycles. The van der Waals surface area contributed by atoms with Crippen molar-refractivity contribution in [2.75, 3.05) is 26.3 Å². The van der Waals surface area contributed by atoms with E-state index in [0.29, 0.717) is 19.1 Å². The van der Waals surface area contributed by atoms with Gasteiger partial charge in [-0.25, -0.2) is 4.99 Å². The third-order valence-electron chi connectivity index (χ3n) is 4.04. The highest BCUT2D eigenvalue weighted by Gasteiger charge is 2.00. The number of nitrogens with one attached hydrogen (secondary N) is 2. The fraction of sp³-hybridized carbons (Fsp3) is 0.524. The summed E-state index contributed by atoms with van der Waals surface area (Å²) < 4.78 is 7.57. The molecule has 0 atom stereocenters.